The summed E-state index contributed by atoms with van der Waals surface area (Å²) in [6.07, 6.45) is 2.12. The normalized spacial score (nSPS) is 32.0. The first-order valence-electron chi connectivity index (χ1n) is 8.54. The summed E-state index contributed by atoms with van der Waals surface area (Å²) < 4.78 is 0. The number of allylic oxidation sites excluding steroid dienone is 2. The Labute approximate surface area is 137 Å². The number of rotatable bonds is 1. The van der Waals surface area contributed by atoms with Crippen LogP contribution in [0.3, 0.4) is 0 Å². The van der Waals surface area contributed by atoms with Crippen molar-refractivity contribution in [3.05, 3.63) is 40.5 Å². The Balaban J connectivity index is 1.76. The molecule has 3 heteroatoms. The van der Waals surface area contributed by atoms with Crippen molar-refractivity contribution in [3.8, 4) is 0 Å². The molecule has 0 unspecified atom stereocenters. The highest BCUT2D eigenvalue weighted by atomic mass is 16.2. The number of imide groups is 1. The maximum absolute atomic E-state index is 13.0. The van der Waals surface area contributed by atoms with Gasteiger partial charge < -0.3 is 0 Å². The van der Waals surface area contributed by atoms with Gasteiger partial charge in [-0.15, -0.1) is 0 Å². The zero-order valence-electron chi connectivity index (χ0n) is 14.2. The SMILES string of the molecule is CC(C)=C1[C@H]2CC[C@H]1[C@H]1C(=O)N(c3ccc(C)c(C)c3)C(=O)[C@@H]12. The average molecular weight is 309 g/mol. The van der Waals surface area contributed by atoms with E-state index in [0.29, 0.717) is 11.8 Å². The van der Waals surface area contributed by atoms with Gasteiger partial charge >= 0.3 is 0 Å². The van der Waals surface area contributed by atoms with E-state index in [1.54, 1.807) is 0 Å². The van der Waals surface area contributed by atoms with Crippen molar-refractivity contribution in [2.75, 3.05) is 4.90 Å². The monoisotopic (exact) mass is 309 g/mol. The van der Waals surface area contributed by atoms with Crippen molar-refractivity contribution in [2.45, 2.75) is 40.5 Å². The lowest BCUT2D eigenvalue weighted by molar-refractivity contribution is -0.123. The molecule has 2 aliphatic carbocycles. The zero-order valence-corrected chi connectivity index (χ0v) is 14.2. The second kappa shape index (κ2) is 4.80. The minimum atomic E-state index is -0.118. The molecule has 4 atom stereocenters. The maximum atomic E-state index is 13.0. The van der Waals surface area contributed by atoms with Gasteiger partial charge in [0.15, 0.2) is 0 Å². The molecule has 120 valence electrons. The summed E-state index contributed by atoms with van der Waals surface area (Å²) in [5.74, 6) is 0.398. The fourth-order valence-electron chi connectivity index (χ4n) is 5.11. The molecule has 23 heavy (non-hydrogen) atoms. The Morgan fingerprint density at radius 3 is 2.00 bits per heavy atom. The fraction of sp³-hybridized carbons (Fsp3) is 0.500. The molecule has 2 saturated carbocycles. The van der Waals surface area contributed by atoms with Gasteiger partial charge in [-0.3, -0.25) is 14.5 Å². The molecule has 0 N–H and O–H groups in total. The summed E-state index contributed by atoms with van der Waals surface area (Å²) in [7, 11) is 0. The minimum absolute atomic E-state index is 0.0224. The molecule has 2 bridgehead atoms. The number of amides is 2. The van der Waals surface area contributed by atoms with Gasteiger partial charge in [-0.1, -0.05) is 17.2 Å². The van der Waals surface area contributed by atoms with Crippen molar-refractivity contribution >= 4 is 17.5 Å². The van der Waals surface area contributed by atoms with E-state index in [2.05, 4.69) is 13.8 Å². The molecule has 2 amide bonds. The van der Waals surface area contributed by atoms with E-state index in [4.69, 9.17) is 0 Å². The molecule has 4 rings (SSSR count). The highest BCUT2D eigenvalue weighted by molar-refractivity contribution is 6.23. The van der Waals surface area contributed by atoms with Crippen LogP contribution in [0.15, 0.2) is 29.3 Å². The van der Waals surface area contributed by atoms with E-state index in [-0.39, 0.29) is 23.7 Å². The topological polar surface area (TPSA) is 37.4 Å². The molecule has 1 saturated heterocycles. The molecule has 0 aromatic heterocycles. The molecule has 3 nitrogen and oxygen atoms in total. The van der Waals surface area contributed by atoms with Crippen LogP contribution in [0.5, 0.6) is 0 Å². The molecular weight excluding hydrogens is 286 g/mol. The third-order valence-corrected chi connectivity index (χ3v) is 6.18. The van der Waals surface area contributed by atoms with Crippen LogP contribution in [-0.2, 0) is 9.59 Å². The van der Waals surface area contributed by atoms with E-state index < -0.39 is 0 Å². The summed E-state index contributed by atoms with van der Waals surface area (Å²) in [4.78, 5) is 27.5. The molecule has 0 spiro atoms. The number of hydrogen-bond acceptors (Lipinski definition) is 2. The van der Waals surface area contributed by atoms with Gasteiger partial charge in [0, 0.05) is 0 Å². The van der Waals surface area contributed by atoms with Crippen molar-refractivity contribution in [1.29, 1.82) is 0 Å². The van der Waals surface area contributed by atoms with Crippen LogP contribution >= 0.6 is 0 Å². The van der Waals surface area contributed by atoms with E-state index >= 15 is 0 Å². The molecular formula is C20H23NO2. The predicted molar refractivity (Wildman–Crippen MR) is 90.0 cm³/mol. The summed E-state index contributed by atoms with van der Waals surface area (Å²) in [6, 6.07) is 5.87. The molecule has 3 fully saturated rings. The van der Waals surface area contributed by atoms with Gasteiger partial charge in [0.05, 0.1) is 17.5 Å². The molecule has 1 aliphatic heterocycles. The van der Waals surface area contributed by atoms with Crippen LogP contribution in [-0.4, -0.2) is 11.8 Å². The molecule has 1 aromatic rings. The number of anilines is 1. The lowest BCUT2D eigenvalue weighted by Crippen LogP contribution is -2.33. The Morgan fingerprint density at radius 1 is 0.957 bits per heavy atom. The fourth-order valence-corrected chi connectivity index (χ4v) is 5.11. The van der Waals surface area contributed by atoms with Crippen molar-refractivity contribution in [1.82, 2.24) is 0 Å². The molecule has 3 aliphatic rings. The van der Waals surface area contributed by atoms with Gasteiger partial charge in [-0.2, -0.15) is 0 Å². The second-order valence-electron chi connectivity index (χ2n) is 7.58. The van der Waals surface area contributed by atoms with Gasteiger partial charge in [-0.25, -0.2) is 0 Å². The summed E-state index contributed by atoms with van der Waals surface area (Å²) in [5.41, 5.74) is 5.76. The number of fused-ring (bicyclic) bond motifs is 5. The summed E-state index contributed by atoms with van der Waals surface area (Å²) in [6.45, 7) is 8.31. The van der Waals surface area contributed by atoms with Crippen molar-refractivity contribution < 1.29 is 9.59 Å². The molecule has 0 radical (unpaired) electrons. The first-order valence-corrected chi connectivity index (χ1v) is 8.54. The highest BCUT2D eigenvalue weighted by Crippen LogP contribution is 2.60. The lowest BCUT2D eigenvalue weighted by atomic mass is 9.81. The third-order valence-electron chi connectivity index (χ3n) is 6.18. The first kappa shape index (κ1) is 14.7. The van der Waals surface area contributed by atoms with E-state index in [1.807, 2.05) is 32.0 Å². The summed E-state index contributed by atoms with van der Waals surface area (Å²) >= 11 is 0. The van der Waals surface area contributed by atoms with E-state index in [9.17, 15) is 9.59 Å². The maximum Gasteiger partial charge on any atom is 0.238 e. The number of aryl methyl sites for hydroxylation is 2. The lowest BCUT2D eigenvalue weighted by Gasteiger charge is -2.20. The van der Waals surface area contributed by atoms with Crippen molar-refractivity contribution in [3.63, 3.8) is 0 Å². The average Bonchev–Trinajstić information content (AvgIpc) is 3.13. The number of nitrogens with zero attached hydrogens (tertiary/aromatic N) is 1. The van der Waals surface area contributed by atoms with Crippen molar-refractivity contribution in [2.24, 2.45) is 23.7 Å². The van der Waals surface area contributed by atoms with Crippen LogP contribution in [0.4, 0.5) is 5.69 Å². The van der Waals surface area contributed by atoms with Crippen LogP contribution in [0, 0.1) is 37.5 Å². The van der Waals surface area contributed by atoms with Gasteiger partial charge in [0.2, 0.25) is 11.8 Å². The number of benzene rings is 1. The Bertz CT molecular complexity index is 725. The quantitative estimate of drug-likeness (QED) is 0.585. The number of hydrogen-bond donors (Lipinski definition) is 0. The Hall–Kier alpha value is -1.90. The second-order valence-corrected chi connectivity index (χ2v) is 7.58. The molecule has 1 heterocycles. The van der Waals surface area contributed by atoms with Crippen LogP contribution in [0.25, 0.3) is 0 Å². The zero-order chi connectivity index (χ0) is 16.5. The van der Waals surface area contributed by atoms with E-state index in [1.165, 1.54) is 21.6 Å². The highest BCUT2D eigenvalue weighted by Gasteiger charge is 2.63. The predicted octanol–water partition coefficient (Wildman–Crippen LogP) is 3.79. The van der Waals surface area contributed by atoms with Crippen LogP contribution in [0.2, 0.25) is 0 Å². The molecule has 1 aromatic carbocycles. The Morgan fingerprint density at radius 2 is 1.52 bits per heavy atom. The smallest absolute Gasteiger partial charge is 0.238 e. The Kier molecular flexibility index (Phi) is 3.06. The number of carbonyl (C=O) groups excluding carboxylic acids is 2. The van der Waals surface area contributed by atoms with Crippen LogP contribution in [0.1, 0.15) is 37.8 Å². The van der Waals surface area contributed by atoms with E-state index in [0.717, 1.165) is 24.1 Å². The third kappa shape index (κ3) is 1.82. The minimum Gasteiger partial charge on any atom is -0.274 e. The van der Waals surface area contributed by atoms with Gasteiger partial charge in [-0.05, 0) is 75.6 Å². The van der Waals surface area contributed by atoms with Gasteiger partial charge in [0.1, 0.15) is 0 Å². The van der Waals surface area contributed by atoms with Gasteiger partial charge in [0.25, 0.3) is 0 Å². The summed E-state index contributed by atoms with van der Waals surface area (Å²) in [5, 5.41) is 0. The number of carbonyl (C=O) groups is 2. The largest absolute Gasteiger partial charge is 0.274 e. The van der Waals surface area contributed by atoms with Crippen LogP contribution < -0.4 is 4.90 Å². The first-order chi connectivity index (χ1) is 10.9. The standard InChI is InChI=1S/C20H23NO2/c1-10(2)16-14-7-8-15(16)18-17(14)19(22)21(20(18)23)13-6-5-11(3)12(4)9-13/h5-6,9,14-15,17-18H,7-8H2,1-4H3/t14-,15-,17-,18-/m1/s1.